The first-order valence-corrected chi connectivity index (χ1v) is 10.8. The molecule has 1 saturated heterocycles. The van der Waals surface area contributed by atoms with Crippen molar-refractivity contribution in [2.24, 2.45) is 5.73 Å². The van der Waals surface area contributed by atoms with Crippen LogP contribution in [0.25, 0.3) is 11.4 Å². The lowest BCUT2D eigenvalue weighted by molar-refractivity contribution is -0.137. The number of rotatable bonds is 7. The standard InChI is InChI=1S/C24H21F3N4O5/c25-24(26,27)16-3-6-20(15(11-16)13-31-7-9-35-10-8-31)36-17-4-1-14(2-5-17)22-29-18(21(28)32)12-19(30-22)23(33)34/h1-6,11-12H,7-10,13H2,(H2,28,32)(H,33,34). The van der Waals surface area contributed by atoms with Gasteiger partial charge in [0.1, 0.15) is 17.2 Å². The van der Waals surface area contributed by atoms with Crippen LogP contribution in [0.15, 0.2) is 48.5 Å². The summed E-state index contributed by atoms with van der Waals surface area (Å²) in [6, 6.07) is 10.4. The van der Waals surface area contributed by atoms with Crippen molar-refractivity contribution >= 4 is 11.9 Å². The van der Waals surface area contributed by atoms with E-state index in [1.165, 1.54) is 30.3 Å². The van der Waals surface area contributed by atoms with Gasteiger partial charge in [-0.05, 0) is 42.5 Å². The minimum atomic E-state index is -4.49. The first-order chi connectivity index (χ1) is 17.1. The summed E-state index contributed by atoms with van der Waals surface area (Å²) in [4.78, 5) is 32.8. The highest BCUT2D eigenvalue weighted by Crippen LogP contribution is 2.35. The van der Waals surface area contributed by atoms with Crippen LogP contribution in [0.5, 0.6) is 11.5 Å². The van der Waals surface area contributed by atoms with Crippen LogP contribution in [0.4, 0.5) is 13.2 Å². The highest BCUT2D eigenvalue weighted by molar-refractivity contribution is 5.94. The van der Waals surface area contributed by atoms with Crippen LogP contribution in [0.3, 0.4) is 0 Å². The molecule has 0 bridgehead atoms. The Morgan fingerprint density at radius 1 is 1.03 bits per heavy atom. The van der Waals surface area contributed by atoms with E-state index in [1.807, 2.05) is 4.90 Å². The normalized spacial score (nSPS) is 14.4. The van der Waals surface area contributed by atoms with Crippen LogP contribution < -0.4 is 10.5 Å². The molecule has 188 valence electrons. The number of aromatic carboxylic acids is 1. The number of ether oxygens (including phenoxy) is 2. The second-order valence-corrected chi connectivity index (χ2v) is 7.97. The topological polar surface area (TPSA) is 128 Å². The Balaban J connectivity index is 1.61. The molecule has 0 radical (unpaired) electrons. The summed E-state index contributed by atoms with van der Waals surface area (Å²) in [7, 11) is 0. The Hall–Kier alpha value is -4.03. The number of hydrogen-bond donors (Lipinski definition) is 2. The van der Waals surface area contributed by atoms with Gasteiger partial charge in [0.05, 0.1) is 18.8 Å². The van der Waals surface area contributed by atoms with Crippen molar-refractivity contribution in [1.82, 2.24) is 14.9 Å². The summed E-state index contributed by atoms with van der Waals surface area (Å²) in [5.74, 6) is -1.70. The summed E-state index contributed by atoms with van der Waals surface area (Å²) in [6.07, 6.45) is -4.49. The van der Waals surface area contributed by atoms with Gasteiger partial charge < -0.3 is 20.3 Å². The molecule has 1 amide bonds. The van der Waals surface area contributed by atoms with Gasteiger partial charge in [-0.15, -0.1) is 0 Å². The van der Waals surface area contributed by atoms with E-state index in [4.69, 9.17) is 15.2 Å². The van der Waals surface area contributed by atoms with Crippen molar-refractivity contribution in [2.45, 2.75) is 12.7 Å². The number of hydrogen-bond acceptors (Lipinski definition) is 7. The Kier molecular flexibility index (Phi) is 7.17. The van der Waals surface area contributed by atoms with E-state index < -0.39 is 29.3 Å². The number of aromatic nitrogens is 2. The number of carboxylic acids is 1. The lowest BCUT2D eigenvalue weighted by Gasteiger charge is -2.27. The molecule has 0 aliphatic carbocycles. The molecule has 2 aromatic carbocycles. The number of carbonyl (C=O) groups is 2. The van der Waals surface area contributed by atoms with E-state index in [0.29, 0.717) is 43.2 Å². The number of alkyl halides is 3. The Bertz CT molecular complexity index is 1240. The predicted octanol–water partition coefficient (Wildman–Crippen LogP) is 3.58. The van der Waals surface area contributed by atoms with Crippen LogP contribution in [0.1, 0.15) is 32.1 Å². The summed E-state index contributed by atoms with van der Waals surface area (Å²) >= 11 is 0. The zero-order chi connectivity index (χ0) is 25.9. The lowest BCUT2D eigenvalue weighted by Crippen LogP contribution is -2.35. The molecule has 9 nitrogen and oxygen atoms in total. The van der Waals surface area contributed by atoms with Crippen LogP contribution >= 0.6 is 0 Å². The average molecular weight is 502 g/mol. The van der Waals surface area contributed by atoms with Crippen molar-refractivity contribution in [3.8, 4) is 22.9 Å². The fourth-order valence-corrected chi connectivity index (χ4v) is 3.59. The number of nitrogens with zero attached hydrogens (tertiary/aromatic N) is 3. The van der Waals surface area contributed by atoms with Crippen molar-refractivity contribution in [3.05, 3.63) is 71.0 Å². The maximum Gasteiger partial charge on any atom is 0.416 e. The zero-order valence-electron chi connectivity index (χ0n) is 18.8. The molecule has 1 fully saturated rings. The number of primary amides is 1. The van der Waals surface area contributed by atoms with Crippen molar-refractivity contribution in [3.63, 3.8) is 0 Å². The van der Waals surface area contributed by atoms with Crippen LogP contribution in [-0.2, 0) is 17.5 Å². The number of morpholine rings is 1. The third-order valence-electron chi connectivity index (χ3n) is 5.42. The van der Waals surface area contributed by atoms with Gasteiger partial charge in [0, 0.05) is 36.8 Å². The van der Waals surface area contributed by atoms with Gasteiger partial charge in [-0.2, -0.15) is 13.2 Å². The van der Waals surface area contributed by atoms with Gasteiger partial charge in [0.15, 0.2) is 11.5 Å². The van der Waals surface area contributed by atoms with Crippen molar-refractivity contribution in [2.75, 3.05) is 26.3 Å². The molecule has 2 heterocycles. The van der Waals surface area contributed by atoms with Crippen LogP contribution in [0, 0.1) is 0 Å². The van der Waals surface area contributed by atoms with Gasteiger partial charge in [0.2, 0.25) is 0 Å². The summed E-state index contributed by atoms with van der Waals surface area (Å²) < 4.78 is 51.2. The van der Waals surface area contributed by atoms with Crippen molar-refractivity contribution in [1.29, 1.82) is 0 Å². The molecule has 1 aliphatic rings. The number of amides is 1. The van der Waals surface area contributed by atoms with E-state index in [-0.39, 0.29) is 23.8 Å². The highest BCUT2D eigenvalue weighted by atomic mass is 19.4. The fraction of sp³-hybridized carbons (Fsp3) is 0.250. The van der Waals surface area contributed by atoms with Gasteiger partial charge >= 0.3 is 12.1 Å². The van der Waals surface area contributed by atoms with Crippen LogP contribution in [-0.4, -0.2) is 58.2 Å². The molecule has 3 N–H and O–H groups in total. The smallest absolute Gasteiger partial charge is 0.416 e. The lowest BCUT2D eigenvalue weighted by atomic mass is 10.1. The molecule has 0 unspecified atom stereocenters. The Morgan fingerprint density at radius 3 is 2.31 bits per heavy atom. The molecule has 0 atom stereocenters. The molecule has 0 saturated carbocycles. The van der Waals surface area contributed by atoms with Gasteiger partial charge in [-0.25, -0.2) is 14.8 Å². The third-order valence-corrected chi connectivity index (χ3v) is 5.42. The monoisotopic (exact) mass is 502 g/mol. The number of nitrogens with two attached hydrogens (primary N) is 1. The second kappa shape index (κ2) is 10.3. The molecule has 36 heavy (non-hydrogen) atoms. The minimum Gasteiger partial charge on any atom is -0.477 e. The Labute approximate surface area is 203 Å². The number of carboxylic acid groups (broad SMARTS) is 1. The maximum absolute atomic E-state index is 13.3. The molecule has 0 spiro atoms. The van der Waals surface area contributed by atoms with Crippen LogP contribution in [0.2, 0.25) is 0 Å². The molecular weight excluding hydrogens is 481 g/mol. The van der Waals surface area contributed by atoms with E-state index >= 15 is 0 Å². The second-order valence-electron chi connectivity index (χ2n) is 7.97. The minimum absolute atomic E-state index is 0.0298. The van der Waals surface area contributed by atoms with E-state index in [9.17, 15) is 27.9 Å². The summed E-state index contributed by atoms with van der Waals surface area (Å²) in [6.45, 7) is 2.44. The van der Waals surface area contributed by atoms with Gasteiger partial charge in [-0.1, -0.05) is 0 Å². The number of benzene rings is 2. The Morgan fingerprint density at radius 2 is 1.69 bits per heavy atom. The predicted molar refractivity (Wildman–Crippen MR) is 121 cm³/mol. The molecule has 1 aliphatic heterocycles. The molecule has 12 heteroatoms. The van der Waals surface area contributed by atoms with E-state index in [2.05, 4.69) is 9.97 Å². The first-order valence-electron chi connectivity index (χ1n) is 10.8. The van der Waals surface area contributed by atoms with E-state index in [1.54, 1.807) is 0 Å². The SMILES string of the molecule is NC(=O)c1cc(C(=O)O)nc(-c2ccc(Oc3ccc(C(F)(F)F)cc3CN3CCOCC3)cc2)n1. The molecule has 4 rings (SSSR count). The molecule has 3 aromatic rings. The van der Waals surface area contributed by atoms with Gasteiger partial charge in [-0.3, -0.25) is 9.69 Å². The largest absolute Gasteiger partial charge is 0.477 e. The van der Waals surface area contributed by atoms with E-state index in [0.717, 1.165) is 18.2 Å². The number of carbonyl (C=O) groups excluding carboxylic acids is 1. The first kappa shape index (κ1) is 25.1. The third kappa shape index (κ3) is 5.96. The molecular formula is C24H21F3N4O5. The highest BCUT2D eigenvalue weighted by Gasteiger charge is 2.31. The molecule has 1 aromatic heterocycles. The summed E-state index contributed by atoms with van der Waals surface area (Å²) in [5, 5.41) is 9.24. The quantitative estimate of drug-likeness (QED) is 0.502. The zero-order valence-corrected chi connectivity index (χ0v) is 18.8. The fourth-order valence-electron chi connectivity index (χ4n) is 3.59. The summed E-state index contributed by atoms with van der Waals surface area (Å²) in [5.41, 5.74) is 4.57. The van der Waals surface area contributed by atoms with Gasteiger partial charge in [0.25, 0.3) is 5.91 Å². The van der Waals surface area contributed by atoms with Crippen molar-refractivity contribution < 1.29 is 37.3 Å². The average Bonchev–Trinajstić information content (AvgIpc) is 2.85. The maximum atomic E-state index is 13.3. The number of halogens is 3.